The summed E-state index contributed by atoms with van der Waals surface area (Å²) in [4.78, 5) is 54.5. The van der Waals surface area contributed by atoms with Crippen LogP contribution in [0.2, 0.25) is 19.1 Å². The van der Waals surface area contributed by atoms with Gasteiger partial charge in [-0.2, -0.15) is 4.98 Å². The van der Waals surface area contributed by atoms with Gasteiger partial charge in [-0.3, -0.25) is 14.2 Å². The lowest BCUT2D eigenvalue weighted by Gasteiger charge is -2.36. The second-order valence-corrected chi connectivity index (χ2v) is 15.6. The normalized spacial score (nSPS) is 17.2. The van der Waals surface area contributed by atoms with Gasteiger partial charge in [-0.05, 0) is 70.1 Å². The number of piperazine rings is 1. The van der Waals surface area contributed by atoms with Crippen LogP contribution >= 0.6 is 0 Å². The number of hydrogen-bond acceptors (Lipinski definition) is 9. The van der Waals surface area contributed by atoms with Crippen LogP contribution in [0.5, 0.6) is 0 Å². The van der Waals surface area contributed by atoms with Crippen LogP contribution in [0, 0.1) is 6.92 Å². The number of ketones is 1. The fourth-order valence-corrected chi connectivity index (χ4v) is 6.60. The summed E-state index contributed by atoms with van der Waals surface area (Å²) in [6, 6.07) is 4.91. The second kappa shape index (κ2) is 11.1. The number of fused-ring (bicyclic) bond motifs is 1. The van der Waals surface area contributed by atoms with Crippen LogP contribution in [0.4, 0.5) is 17.5 Å². The van der Waals surface area contributed by atoms with Crippen molar-refractivity contribution in [3.05, 3.63) is 46.0 Å². The molecular formula is C28H39N7O3Si. The number of hydrogen-bond donors (Lipinski definition) is 2. The Hall–Kier alpha value is -3.15. The van der Waals surface area contributed by atoms with Gasteiger partial charge >= 0.3 is 0 Å². The first kappa shape index (κ1) is 27.4. The van der Waals surface area contributed by atoms with Crippen molar-refractivity contribution in [2.24, 2.45) is 0 Å². The molecule has 0 spiro atoms. The zero-order valence-electron chi connectivity index (χ0n) is 23.4. The van der Waals surface area contributed by atoms with Gasteiger partial charge in [-0.15, -0.1) is 0 Å². The number of nitrogens with one attached hydrogen (secondary N) is 1. The van der Waals surface area contributed by atoms with E-state index in [1.165, 1.54) is 6.92 Å². The Labute approximate surface area is 230 Å². The van der Waals surface area contributed by atoms with Crippen molar-refractivity contribution in [1.82, 2.24) is 24.4 Å². The van der Waals surface area contributed by atoms with Crippen LogP contribution in [0.3, 0.4) is 0 Å². The number of rotatable bonds is 8. The first-order chi connectivity index (χ1) is 18.6. The van der Waals surface area contributed by atoms with E-state index >= 15 is 0 Å². The predicted octanol–water partition coefficient (Wildman–Crippen LogP) is 3.88. The predicted molar refractivity (Wildman–Crippen MR) is 157 cm³/mol. The van der Waals surface area contributed by atoms with Crippen molar-refractivity contribution in [2.75, 3.05) is 42.9 Å². The van der Waals surface area contributed by atoms with Crippen molar-refractivity contribution >= 4 is 42.6 Å². The zero-order valence-corrected chi connectivity index (χ0v) is 24.4. The third-order valence-electron chi connectivity index (χ3n) is 8.02. The fraction of sp³-hybridized carbons (Fsp3) is 0.536. The van der Waals surface area contributed by atoms with E-state index in [0.717, 1.165) is 75.5 Å². The minimum absolute atomic E-state index is 0.0385. The Morgan fingerprint density at radius 2 is 1.82 bits per heavy atom. The summed E-state index contributed by atoms with van der Waals surface area (Å²) in [5, 5.41) is 3.92. The Morgan fingerprint density at radius 3 is 2.44 bits per heavy atom. The average molecular weight is 550 g/mol. The van der Waals surface area contributed by atoms with Crippen LogP contribution in [0.15, 0.2) is 29.3 Å². The molecule has 0 atom stereocenters. The number of carbonyl (C=O) groups is 1. The van der Waals surface area contributed by atoms with Crippen molar-refractivity contribution in [1.29, 1.82) is 0 Å². The molecule has 208 valence electrons. The molecule has 5 rings (SSSR count). The molecule has 4 heterocycles. The minimum atomic E-state index is -2.01. The van der Waals surface area contributed by atoms with E-state index in [9.17, 15) is 14.4 Å². The third kappa shape index (κ3) is 6.05. The van der Waals surface area contributed by atoms with Gasteiger partial charge in [0.25, 0.3) is 5.56 Å². The van der Waals surface area contributed by atoms with Gasteiger partial charge in [0.2, 0.25) is 5.95 Å². The molecule has 0 amide bonds. The monoisotopic (exact) mass is 549 g/mol. The van der Waals surface area contributed by atoms with E-state index in [2.05, 4.69) is 25.1 Å². The summed E-state index contributed by atoms with van der Waals surface area (Å²) >= 11 is 0. The molecule has 2 N–H and O–H groups in total. The summed E-state index contributed by atoms with van der Waals surface area (Å²) in [5.41, 5.74) is 2.24. The SMILES string of the molecule is CC(=O)c1c(C)c2cnc(Nc3ccc(N4CCN(CC[Si](C)(C)O)CC4)cn3)nc2n(C2CCCC2)c1=O. The summed E-state index contributed by atoms with van der Waals surface area (Å²) in [6.07, 6.45) is 7.49. The van der Waals surface area contributed by atoms with Gasteiger partial charge < -0.3 is 19.9 Å². The number of aromatic nitrogens is 4. The molecule has 10 nitrogen and oxygen atoms in total. The summed E-state index contributed by atoms with van der Waals surface area (Å²) in [5.74, 6) is 0.765. The van der Waals surface area contributed by atoms with E-state index in [4.69, 9.17) is 4.98 Å². The molecule has 0 radical (unpaired) electrons. The van der Waals surface area contributed by atoms with Crippen molar-refractivity contribution < 1.29 is 9.59 Å². The van der Waals surface area contributed by atoms with Crippen LogP contribution in [-0.4, -0.2) is 76.0 Å². The molecule has 2 fully saturated rings. The minimum Gasteiger partial charge on any atom is -0.432 e. The highest BCUT2D eigenvalue weighted by molar-refractivity contribution is 6.69. The molecule has 1 saturated carbocycles. The molecule has 0 bridgehead atoms. The van der Waals surface area contributed by atoms with Gasteiger partial charge in [0.15, 0.2) is 14.1 Å². The number of pyridine rings is 2. The van der Waals surface area contributed by atoms with Gasteiger partial charge in [0, 0.05) is 43.8 Å². The Kier molecular flexibility index (Phi) is 7.84. The van der Waals surface area contributed by atoms with Crippen LogP contribution in [-0.2, 0) is 0 Å². The van der Waals surface area contributed by atoms with E-state index in [0.29, 0.717) is 23.0 Å². The van der Waals surface area contributed by atoms with Gasteiger partial charge in [0.05, 0.1) is 17.4 Å². The molecule has 1 aliphatic carbocycles. The molecule has 11 heteroatoms. The molecule has 0 aromatic carbocycles. The second-order valence-electron chi connectivity index (χ2n) is 11.5. The number of anilines is 3. The maximum Gasteiger partial charge on any atom is 0.263 e. The van der Waals surface area contributed by atoms with E-state index in [1.807, 2.05) is 31.4 Å². The van der Waals surface area contributed by atoms with Crippen LogP contribution < -0.4 is 15.8 Å². The molecule has 2 aliphatic rings. The molecule has 1 saturated heterocycles. The summed E-state index contributed by atoms with van der Waals surface area (Å²) in [7, 11) is -2.01. The number of aryl methyl sites for hydroxylation is 1. The number of nitrogens with zero attached hydrogens (tertiary/aromatic N) is 6. The van der Waals surface area contributed by atoms with Crippen molar-refractivity contribution in [2.45, 2.75) is 64.7 Å². The van der Waals surface area contributed by atoms with Crippen molar-refractivity contribution in [3.8, 4) is 0 Å². The van der Waals surface area contributed by atoms with E-state index in [-0.39, 0.29) is 22.9 Å². The standard InChI is InChI=1S/C28H39N7O3Si/c1-19-23-18-30-28(32-26(23)35(21-7-5-6-8-21)27(37)25(19)20(2)36)31-24-10-9-22(17-29-24)34-13-11-33(12-14-34)15-16-39(3,4)38/h9-10,17-18,21,38H,5-8,11-16H2,1-4H3,(H,29,30,31,32). The average Bonchev–Trinajstić information content (AvgIpc) is 3.42. The number of carbonyl (C=O) groups excluding carboxylic acids is 1. The highest BCUT2D eigenvalue weighted by Gasteiger charge is 2.26. The van der Waals surface area contributed by atoms with Crippen LogP contribution in [0.25, 0.3) is 11.0 Å². The fourth-order valence-electron chi connectivity index (χ4n) is 5.73. The molecule has 0 unspecified atom stereocenters. The quantitative estimate of drug-likeness (QED) is 0.319. The first-order valence-electron chi connectivity index (χ1n) is 14.0. The van der Waals surface area contributed by atoms with E-state index < -0.39 is 8.32 Å². The highest BCUT2D eigenvalue weighted by atomic mass is 28.4. The van der Waals surface area contributed by atoms with Crippen LogP contribution in [0.1, 0.15) is 54.6 Å². The topological polar surface area (TPSA) is 116 Å². The molecule has 3 aromatic heterocycles. The summed E-state index contributed by atoms with van der Waals surface area (Å²) in [6.45, 7) is 12.0. The summed E-state index contributed by atoms with van der Waals surface area (Å²) < 4.78 is 1.72. The van der Waals surface area contributed by atoms with Gasteiger partial charge in [0.1, 0.15) is 11.5 Å². The zero-order chi connectivity index (χ0) is 27.7. The lowest BCUT2D eigenvalue weighted by Crippen LogP contribution is -2.47. The Bertz CT molecular complexity index is 1400. The van der Waals surface area contributed by atoms with Crippen molar-refractivity contribution in [3.63, 3.8) is 0 Å². The molecule has 39 heavy (non-hydrogen) atoms. The molecule has 1 aliphatic heterocycles. The third-order valence-corrected chi connectivity index (χ3v) is 9.46. The first-order valence-corrected chi connectivity index (χ1v) is 17.1. The number of Topliss-reactive ketones (excluding diaryl/α,β-unsaturated/α-hetero) is 1. The smallest absolute Gasteiger partial charge is 0.263 e. The Morgan fingerprint density at radius 1 is 1.10 bits per heavy atom. The largest absolute Gasteiger partial charge is 0.432 e. The lowest BCUT2D eigenvalue weighted by atomic mass is 10.0. The van der Waals surface area contributed by atoms with Gasteiger partial charge in [-0.1, -0.05) is 12.8 Å². The maximum absolute atomic E-state index is 13.4. The molecular weight excluding hydrogens is 510 g/mol. The lowest BCUT2D eigenvalue weighted by molar-refractivity contribution is 0.101. The van der Waals surface area contributed by atoms with E-state index in [1.54, 1.807) is 17.7 Å². The highest BCUT2D eigenvalue weighted by Crippen LogP contribution is 2.32. The van der Waals surface area contributed by atoms with Gasteiger partial charge in [-0.25, -0.2) is 9.97 Å². The maximum atomic E-state index is 13.4. The Balaban J connectivity index is 1.33. The molecule has 3 aromatic rings.